The minimum atomic E-state index is -0.792. The van der Waals surface area contributed by atoms with Crippen LogP contribution in [0.1, 0.15) is 21.1 Å². The van der Waals surface area contributed by atoms with Crippen LogP contribution in [0.4, 0.5) is 5.69 Å². The average Bonchev–Trinajstić information content (AvgIpc) is 3.33. The molecule has 6 nitrogen and oxygen atoms in total. The van der Waals surface area contributed by atoms with E-state index in [4.69, 9.17) is 27.9 Å². The number of carbonyl (C=O) groups excluding carboxylic acids is 2. The number of benzene rings is 1. The Morgan fingerprint density at radius 3 is 2.79 bits per heavy atom. The number of ether oxygens (including phenoxy) is 1. The second kappa shape index (κ2) is 8.10. The number of nitrogens with zero attached hydrogens (tertiary/aromatic N) is 3. The van der Waals surface area contributed by atoms with Crippen molar-refractivity contribution in [2.75, 3.05) is 18.1 Å². The van der Waals surface area contributed by atoms with Crippen molar-refractivity contribution in [3.05, 3.63) is 62.2 Å². The molecular weight excluding hydrogens is 433 g/mol. The molecule has 0 spiro atoms. The van der Waals surface area contributed by atoms with Crippen molar-refractivity contribution in [3.8, 4) is 11.3 Å². The van der Waals surface area contributed by atoms with Crippen molar-refractivity contribution in [2.24, 2.45) is 0 Å². The largest absolute Gasteiger partial charge is 0.451 e. The van der Waals surface area contributed by atoms with Crippen LogP contribution in [0.2, 0.25) is 10.2 Å². The van der Waals surface area contributed by atoms with Gasteiger partial charge in [-0.2, -0.15) is 0 Å². The van der Waals surface area contributed by atoms with Crippen LogP contribution >= 0.6 is 34.5 Å². The predicted octanol–water partition coefficient (Wildman–Crippen LogP) is 4.57. The van der Waals surface area contributed by atoms with Gasteiger partial charge in [-0.15, -0.1) is 11.3 Å². The number of amides is 1. The van der Waals surface area contributed by atoms with Gasteiger partial charge in [-0.3, -0.25) is 4.79 Å². The number of anilines is 1. The van der Waals surface area contributed by atoms with Gasteiger partial charge >= 0.3 is 5.97 Å². The summed E-state index contributed by atoms with van der Waals surface area (Å²) in [5.41, 5.74) is 3.72. The molecule has 0 saturated carbocycles. The lowest BCUT2D eigenvalue weighted by atomic mass is 10.1. The molecule has 0 aliphatic carbocycles. The van der Waals surface area contributed by atoms with E-state index >= 15 is 0 Å². The number of fused-ring (bicyclic) bond motifs is 1. The van der Waals surface area contributed by atoms with Gasteiger partial charge in [0.15, 0.2) is 12.3 Å². The summed E-state index contributed by atoms with van der Waals surface area (Å²) < 4.78 is 5.10. The Kier molecular flexibility index (Phi) is 5.54. The molecule has 9 heteroatoms. The number of pyridine rings is 1. The average molecular weight is 448 g/mol. The van der Waals surface area contributed by atoms with Gasteiger partial charge in [0, 0.05) is 23.2 Å². The van der Waals surface area contributed by atoms with Crippen molar-refractivity contribution in [1.82, 2.24) is 9.97 Å². The van der Waals surface area contributed by atoms with Crippen LogP contribution in [0.5, 0.6) is 0 Å². The summed E-state index contributed by atoms with van der Waals surface area (Å²) >= 11 is 13.3. The minimum absolute atomic E-state index is 0.114. The molecule has 3 heterocycles. The normalized spacial score (nSPS) is 12.7. The molecule has 0 bridgehead atoms. The summed E-state index contributed by atoms with van der Waals surface area (Å²) in [5.74, 6) is -1.10. The van der Waals surface area contributed by atoms with Gasteiger partial charge in [-0.1, -0.05) is 29.3 Å². The molecule has 2 aromatic heterocycles. The number of aromatic nitrogens is 2. The third-order valence-corrected chi connectivity index (χ3v) is 5.81. The molecule has 0 N–H and O–H groups in total. The van der Waals surface area contributed by atoms with Crippen LogP contribution in [0.25, 0.3) is 11.3 Å². The number of carbonyl (C=O) groups is 2. The Hall–Kier alpha value is -2.48. The van der Waals surface area contributed by atoms with E-state index in [1.807, 2.05) is 24.4 Å². The third kappa shape index (κ3) is 4.12. The number of esters is 1. The molecule has 1 aliphatic heterocycles. The molecule has 3 aromatic rings. The van der Waals surface area contributed by atoms with Crippen molar-refractivity contribution in [1.29, 1.82) is 0 Å². The maximum Gasteiger partial charge on any atom is 0.359 e. The summed E-state index contributed by atoms with van der Waals surface area (Å²) in [6.07, 6.45) is 0.730. The van der Waals surface area contributed by atoms with E-state index in [9.17, 15) is 9.59 Å². The van der Waals surface area contributed by atoms with E-state index < -0.39 is 12.6 Å². The highest BCUT2D eigenvalue weighted by Crippen LogP contribution is 2.32. The van der Waals surface area contributed by atoms with Crippen LogP contribution in [0.15, 0.2) is 35.7 Å². The van der Waals surface area contributed by atoms with Crippen LogP contribution < -0.4 is 4.90 Å². The fraction of sp³-hybridized carbons (Fsp3) is 0.200. The monoisotopic (exact) mass is 447 g/mol. The number of thiazole rings is 1. The lowest BCUT2D eigenvalue weighted by Crippen LogP contribution is -2.33. The number of hydrogen-bond acceptors (Lipinski definition) is 6. The Balaban J connectivity index is 1.45. The Bertz CT molecular complexity index is 1120. The first-order valence-electron chi connectivity index (χ1n) is 8.77. The Morgan fingerprint density at radius 2 is 2.03 bits per heavy atom. The molecule has 29 heavy (non-hydrogen) atoms. The van der Waals surface area contributed by atoms with E-state index in [-0.39, 0.29) is 21.8 Å². The molecule has 1 aliphatic rings. The zero-order valence-electron chi connectivity index (χ0n) is 15.3. The fourth-order valence-electron chi connectivity index (χ4n) is 3.15. The number of hydrogen-bond donors (Lipinski definition) is 0. The maximum absolute atomic E-state index is 12.6. The maximum atomic E-state index is 12.6. The van der Waals surface area contributed by atoms with E-state index in [1.165, 1.54) is 12.1 Å². The quantitative estimate of drug-likeness (QED) is 0.432. The fourth-order valence-corrected chi connectivity index (χ4v) is 4.10. The lowest BCUT2D eigenvalue weighted by Gasteiger charge is -2.17. The first kappa shape index (κ1) is 19.8. The summed E-state index contributed by atoms with van der Waals surface area (Å²) in [6.45, 7) is 2.09. The van der Waals surface area contributed by atoms with E-state index in [1.54, 1.807) is 16.2 Å². The van der Waals surface area contributed by atoms with Crippen molar-refractivity contribution in [2.45, 2.75) is 13.3 Å². The van der Waals surface area contributed by atoms with Crippen LogP contribution in [0.3, 0.4) is 0 Å². The molecule has 4 rings (SSSR count). The first-order valence-corrected chi connectivity index (χ1v) is 10.4. The molecule has 0 unspecified atom stereocenters. The highest BCUT2D eigenvalue weighted by Gasteiger charge is 2.26. The molecule has 148 valence electrons. The summed E-state index contributed by atoms with van der Waals surface area (Å²) in [4.78, 5) is 34.8. The number of rotatable bonds is 4. The topological polar surface area (TPSA) is 72.4 Å². The minimum Gasteiger partial charge on any atom is -0.451 e. The summed E-state index contributed by atoms with van der Waals surface area (Å²) in [7, 11) is 0. The second-order valence-corrected chi connectivity index (χ2v) is 8.29. The SMILES string of the molecule is Cc1nc(-c2ccc3c(c2)CCN3C(=O)COC(=O)c2nc(Cl)ccc2Cl)cs1. The molecule has 0 fully saturated rings. The molecule has 0 atom stereocenters. The van der Waals surface area contributed by atoms with Gasteiger partial charge in [0.1, 0.15) is 5.15 Å². The Labute approximate surface area is 181 Å². The molecule has 0 saturated heterocycles. The van der Waals surface area contributed by atoms with Gasteiger partial charge < -0.3 is 9.64 Å². The second-order valence-electron chi connectivity index (χ2n) is 6.43. The highest BCUT2D eigenvalue weighted by atomic mass is 35.5. The lowest BCUT2D eigenvalue weighted by molar-refractivity contribution is -0.121. The highest BCUT2D eigenvalue weighted by molar-refractivity contribution is 7.09. The molecular formula is C20H15Cl2N3O3S. The smallest absolute Gasteiger partial charge is 0.359 e. The molecule has 1 amide bonds. The van der Waals surface area contributed by atoms with E-state index in [0.29, 0.717) is 6.54 Å². The van der Waals surface area contributed by atoms with Gasteiger partial charge in [0.05, 0.1) is 15.7 Å². The summed E-state index contributed by atoms with van der Waals surface area (Å²) in [5, 5.41) is 3.26. The van der Waals surface area contributed by atoms with Crippen LogP contribution in [0, 0.1) is 6.92 Å². The standard InChI is InChI=1S/C20H15Cl2N3O3S/c1-11-23-15(10-29-11)12-2-4-16-13(8-12)6-7-25(16)18(26)9-28-20(27)19-14(21)3-5-17(22)24-19/h2-5,8,10H,6-7,9H2,1H3. The number of halogens is 2. The first-order chi connectivity index (χ1) is 13.9. The zero-order chi connectivity index (χ0) is 20.5. The molecule has 0 radical (unpaired) electrons. The van der Waals surface area contributed by atoms with Crippen molar-refractivity contribution < 1.29 is 14.3 Å². The van der Waals surface area contributed by atoms with Gasteiger partial charge in [-0.05, 0) is 43.2 Å². The summed E-state index contributed by atoms with van der Waals surface area (Å²) in [6, 6.07) is 8.82. The number of aryl methyl sites for hydroxylation is 1. The van der Waals surface area contributed by atoms with Gasteiger partial charge in [0.2, 0.25) is 0 Å². The van der Waals surface area contributed by atoms with E-state index in [0.717, 1.165) is 33.9 Å². The van der Waals surface area contributed by atoms with Crippen LogP contribution in [-0.2, 0) is 16.0 Å². The molecule has 1 aromatic carbocycles. The third-order valence-electron chi connectivity index (χ3n) is 4.52. The van der Waals surface area contributed by atoms with E-state index in [2.05, 4.69) is 16.0 Å². The van der Waals surface area contributed by atoms with Gasteiger partial charge in [-0.25, -0.2) is 14.8 Å². The Morgan fingerprint density at radius 1 is 1.21 bits per heavy atom. The van der Waals surface area contributed by atoms with Crippen molar-refractivity contribution >= 4 is 52.1 Å². The van der Waals surface area contributed by atoms with Crippen LogP contribution in [-0.4, -0.2) is 35.0 Å². The zero-order valence-corrected chi connectivity index (χ0v) is 17.6. The van der Waals surface area contributed by atoms with Crippen molar-refractivity contribution in [3.63, 3.8) is 0 Å². The predicted molar refractivity (Wildman–Crippen MR) is 113 cm³/mol. The van der Waals surface area contributed by atoms with Gasteiger partial charge in [0.25, 0.3) is 5.91 Å².